The summed E-state index contributed by atoms with van der Waals surface area (Å²) in [5.41, 5.74) is 1.65. The maximum Gasteiger partial charge on any atom is 0.254 e. The first-order valence-corrected chi connectivity index (χ1v) is 10.2. The van der Waals surface area contributed by atoms with Crippen LogP contribution in [0.4, 0.5) is 10.1 Å². The fourth-order valence-corrected chi connectivity index (χ4v) is 4.02. The molecule has 1 aliphatic heterocycles. The Morgan fingerprint density at radius 1 is 1.14 bits per heavy atom. The Morgan fingerprint density at radius 2 is 1.86 bits per heavy atom. The van der Waals surface area contributed by atoms with E-state index >= 15 is 0 Å². The van der Waals surface area contributed by atoms with Gasteiger partial charge in [-0.25, -0.2) is 4.39 Å². The summed E-state index contributed by atoms with van der Waals surface area (Å²) in [4.78, 5) is 17.4. The van der Waals surface area contributed by atoms with E-state index in [1.165, 1.54) is 12.1 Å². The largest absolute Gasteiger partial charge is 0.369 e. The van der Waals surface area contributed by atoms with Gasteiger partial charge in [-0.15, -0.1) is 0 Å². The van der Waals surface area contributed by atoms with Gasteiger partial charge in [0.2, 0.25) is 0 Å². The monoisotopic (exact) mass is 383 g/mol. The van der Waals surface area contributed by atoms with Crippen LogP contribution in [0.1, 0.15) is 42.1 Å². The smallest absolute Gasteiger partial charge is 0.254 e. The van der Waals surface area contributed by atoms with E-state index in [9.17, 15) is 9.18 Å². The van der Waals surface area contributed by atoms with Crippen molar-refractivity contribution in [3.05, 3.63) is 48.0 Å². The summed E-state index contributed by atoms with van der Waals surface area (Å²) in [7, 11) is 0. The molecular weight excluding hydrogens is 357 g/mol. The molecule has 0 spiro atoms. The lowest BCUT2D eigenvalue weighted by atomic mass is 10.2. The van der Waals surface area contributed by atoms with Gasteiger partial charge in [0.05, 0.1) is 23.3 Å². The first kappa shape index (κ1) is 17.7. The van der Waals surface area contributed by atoms with Crippen LogP contribution in [-0.4, -0.2) is 58.9 Å². The summed E-state index contributed by atoms with van der Waals surface area (Å²) in [5, 5.41) is 7.59. The Balaban J connectivity index is 1.14. The molecule has 0 bridgehead atoms. The molecule has 2 aliphatic carbocycles. The van der Waals surface area contributed by atoms with Crippen LogP contribution in [0.25, 0.3) is 0 Å². The van der Waals surface area contributed by atoms with E-state index in [0.717, 1.165) is 64.1 Å². The number of amides is 1. The average molecular weight is 383 g/mol. The number of aromatic nitrogens is 2. The molecule has 1 aromatic heterocycles. The summed E-state index contributed by atoms with van der Waals surface area (Å²) >= 11 is 0. The third-order valence-corrected chi connectivity index (χ3v) is 6.11. The number of anilines is 1. The third-order valence-electron chi connectivity index (χ3n) is 6.11. The lowest BCUT2D eigenvalue weighted by Gasteiger charge is -2.38. The number of piperazine rings is 1. The van der Waals surface area contributed by atoms with E-state index in [4.69, 9.17) is 0 Å². The van der Waals surface area contributed by atoms with E-state index < -0.39 is 0 Å². The molecule has 1 amide bonds. The van der Waals surface area contributed by atoms with Gasteiger partial charge < -0.3 is 10.2 Å². The highest BCUT2D eigenvalue weighted by Crippen LogP contribution is 2.37. The van der Waals surface area contributed by atoms with Crippen LogP contribution in [0.5, 0.6) is 0 Å². The highest BCUT2D eigenvalue weighted by Gasteiger charge is 2.45. The first-order valence-electron chi connectivity index (χ1n) is 10.2. The Hall–Kier alpha value is -2.41. The molecule has 6 nitrogen and oxygen atoms in total. The zero-order valence-corrected chi connectivity index (χ0v) is 16.0. The maximum atomic E-state index is 13.1. The van der Waals surface area contributed by atoms with E-state index in [2.05, 4.69) is 20.2 Å². The van der Waals surface area contributed by atoms with Crippen molar-refractivity contribution in [1.29, 1.82) is 0 Å². The fourth-order valence-electron chi connectivity index (χ4n) is 4.02. The first-order chi connectivity index (χ1) is 13.6. The zero-order valence-electron chi connectivity index (χ0n) is 16.0. The second-order valence-electron chi connectivity index (χ2n) is 8.41. The van der Waals surface area contributed by atoms with Crippen molar-refractivity contribution in [3.8, 4) is 0 Å². The van der Waals surface area contributed by atoms with E-state index in [-0.39, 0.29) is 17.3 Å². The van der Waals surface area contributed by atoms with Crippen molar-refractivity contribution >= 4 is 11.6 Å². The summed E-state index contributed by atoms with van der Waals surface area (Å²) < 4.78 is 15.0. The Labute approximate surface area is 164 Å². The number of hydrogen-bond donors (Lipinski definition) is 1. The number of benzene rings is 1. The number of hydrogen-bond acceptors (Lipinski definition) is 4. The van der Waals surface area contributed by atoms with Crippen LogP contribution in [0, 0.1) is 5.82 Å². The van der Waals surface area contributed by atoms with Crippen molar-refractivity contribution in [2.24, 2.45) is 0 Å². The van der Waals surface area contributed by atoms with Gasteiger partial charge in [-0.1, -0.05) is 0 Å². The van der Waals surface area contributed by atoms with Crippen molar-refractivity contribution in [1.82, 2.24) is 20.0 Å². The molecule has 0 atom stereocenters. The predicted molar refractivity (Wildman–Crippen MR) is 105 cm³/mol. The molecule has 0 unspecified atom stereocenters. The molecule has 5 rings (SSSR count). The summed E-state index contributed by atoms with van der Waals surface area (Å²) in [5.74, 6) is -0.203. The van der Waals surface area contributed by atoms with E-state index in [0.29, 0.717) is 11.6 Å². The normalized spacial score (nSPS) is 21.5. The van der Waals surface area contributed by atoms with Gasteiger partial charge in [0, 0.05) is 44.6 Å². The van der Waals surface area contributed by atoms with Crippen molar-refractivity contribution in [3.63, 3.8) is 0 Å². The Bertz CT molecular complexity index is 848. The van der Waals surface area contributed by atoms with Gasteiger partial charge in [-0.05, 0) is 49.9 Å². The van der Waals surface area contributed by atoms with Gasteiger partial charge in [-0.3, -0.25) is 14.4 Å². The molecule has 148 valence electrons. The number of carbonyl (C=O) groups is 1. The van der Waals surface area contributed by atoms with Gasteiger partial charge in [0.25, 0.3) is 5.91 Å². The summed E-state index contributed by atoms with van der Waals surface area (Å²) in [6.07, 6.45) is 7.96. The summed E-state index contributed by atoms with van der Waals surface area (Å²) in [6, 6.07) is 7.21. The standard InChI is InChI=1S/C21H26FN5O/c22-17-1-3-18(4-2-17)26-11-9-25(10-12-26)15-21(7-8-21)24-20(28)16-13-23-27(14-16)19-5-6-19/h1-4,13-14,19H,5-12,15H2,(H,24,28). The Kier molecular flexibility index (Phi) is 4.34. The van der Waals surface area contributed by atoms with Gasteiger partial charge in [-0.2, -0.15) is 5.10 Å². The molecule has 7 heteroatoms. The molecule has 2 heterocycles. The van der Waals surface area contributed by atoms with Crippen molar-refractivity contribution < 1.29 is 9.18 Å². The van der Waals surface area contributed by atoms with Gasteiger partial charge in [0.15, 0.2) is 0 Å². The van der Waals surface area contributed by atoms with Crippen LogP contribution in [0.2, 0.25) is 0 Å². The van der Waals surface area contributed by atoms with Gasteiger partial charge in [0.1, 0.15) is 5.82 Å². The number of halogens is 1. The molecule has 28 heavy (non-hydrogen) atoms. The minimum absolute atomic E-state index is 0.00523. The molecule has 1 saturated heterocycles. The Morgan fingerprint density at radius 3 is 2.50 bits per heavy atom. The molecule has 1 aromatic carbocycles. The second kappa shape index (κ2) is 6.88. The fraction of sp³-hybridized carbons (Fsp3) is 0.524. The number of nitrogens with zero attached hydrogens (tertiary/aromatic N) is 4. The number of carbonyl (C=O) groups excluding carboxylic acids is 1. The van der Waals surface area contributed by atoms with E-state index in [1.54, 1.807) is 6.20 Å². The lowest BCUT2D eigenvalue weighted by Crippen LogP contribution is -2.52. The van der Waals surface area contributed by atoms with Gasteiger partial charge >= 0.3 is 0 Å². The molecule has 2 aromatic rings. The van der Waals surface area contributed by atoms with E-state index in [1.807, 2.05) is 23.0 Å². The SMILES string of the molecule is O=C(NC1(CN2CCN(c3ccc(F)cc3)CC2)CC1)c1cnn(C2CC2)c1. The highest BCUT2D eigenvalue weighted by atomic mass is 19.1. The van der Waals surface area contributed by atoms with Crippen molar-refractivity contribution in [2.75, 3.05) is 37.6 Å². The van der Waals surface area contributed by atoms with Crippen LogP contribution in [0.15, 0.2) is 36.7 Å². The number of rotatable bonds is 6. The predicted octanol–water partition coefficient (Wildman–Crippen LogP) is 2.44. The van der Waals surface area contributed by atoms with Crippen LogP contribution in [-0.2, 0) is 0 Å². The van der Waals surface area contributed by atoms with Crippen LogP contribution in [0.3, 0.4) is 0 Å². The third kappa shape index (κ3) is 3.76. The minimum atomic E-state index is -0.198. The van der Waals surface area contributed by atoms with Crippen LogP contribution >= 0.6 is 0 Å². The van der Waals surface area contributed by atoms with Crippen LogP contribution < -0.4 is 10.2 Å². The summed E-state index contributed by atoms with van der Waals surface area (Å²) in [6.45, 7) is 4.64. The lowest BCUT2D eigenvalue weighted by molar-refractivity contribution is 0.0915. The topological polar surface area (TPSA) is 53.4 Å². The molecule has 3 aliphatic rings. The molecule has 3 fully saturated rings. The zero-order chi connectivity index (χ0) is 19.1. The number of nitrogens with one attached hydrogen (secondary N) is 1. The molecule has 2 saturated carbocycles. The minimum Gasteiger partial charge on any atom is -0.369 e. The van der Waals surface area contributed by atoms with Crippen molar-refractivity contribution in [2.45, 2.75) is 37.3 Å². The quantitative estimate of drug-likeness (QED) is 0.833. The highest BCUT2D eigenvalue weighted by molar-refractivity contribution is 5.94. The second-order valence-corrected chi connectivity index (χ2v) is 8.41. The molecule has 0 radical (unpaired) electrons. The molecule has 1 N–H and O–H groups in total. The maximum absolute atomic E-state index is 13.1. The average Bonchev–Trinajstić information content (AvgIpc) is 3.63. The molecular formula is C21H26FN5O.